The maximum Gasteiger partial charge on any atom is 0.338 e. The van der Waals surface area contributed by atoms with Gasteiger partial charge in [0.2, 0.25) is 0 Å². The molecule has 0 N–H and O–H groups in total. The van der Waals surface area contributed by atoms with Crippen LogP contribution in [0.15, 0.2) is 119 Å². The minimum absolute atomic E-state index is 0.0366. The zero-order valence-electron chi connectivity index (χ0n) is 25.0. The Morgan fingerprint density at radius 3 is 2.29 bits per heavy atom. The molecular formula is C35H30N4O5S. The van der Waals surface area contributed by atoms with Gasteiger partial charge >= 0.3 is 5.97 Å². The second kappa shape index (κ2) is 12.6. The van der Waals surface area contributed by atoms with Crippen molar-refractivity contribution in [1.82, 2.24) is 14.3 Å². The maximum atomic E-state index is 14.2. The lowest BCUT2D eigenvalue weighted by Crippen LogP contribution is -2.39. The van der Waals surface area contributed by atoms with Crippen molar-refractivity contribution in [2.24, 2.45) is 4.99 Å². The summed E-state index contributed by atoms with van der Waals surface area (Å²) in [6.07, 6.45) is 5.23. The summed E-state index contributed by atoms with van der Waals surface area (Å²) in [5.41, 5.74) is 4.40. The third kappa shape index (κ3) is 5.75. The van der Waals surface area contributed by atoms with Gasteiger partial charge < -0.3 is 14.2 Å². The number of rotatable bonds is 9. The molecule has 10 heteroatoms. The van der Waals surface area contributed by atoms with E-state index in [4.69, 9.17) is 24.3 Å². The standard InChI is InChI=1S/C35H30N4O5S/c1-5-19-44-34(41)30-22(2)36-35-39(32(30)24-13-17-28(43-4)18-14-24)33(40)29(45-35)20-25-21-38(26-9-7-6-8-10-26)37-31(25)23-11-15-27(42-3)16-12-23/h5-18,20-21,32H,1,19H2,2-4H3/b29-20+. The number of benzene rings is 3. The second-order valence-electron chi connectivity index (χ2n) is 10.2. The van der Waals surface area contributed by atoms with Crippen molar-refractivity contribution in [1.29, 1.82) is 0 Å². The van der Waals surface area contributed by atoms with Gasteiger partial charge in [-0.25, -0.2) is 14.5 Å². The predicted octanol–water partition coefficient (Wildman–Crippen LogP) is 4.83. The van der Waals surface area contributed by atoms with Crippen molar-refractivity contribution in [3.8, 4) is 28.4 Å². The maximum absolute atomic E-state index is 14.2. The van der Waals surface area contributed by atoms with Gasteiger partial charge in [-0.15, -0.1) is 0 Å². The van der Waals surface area contributed by atoms with Crippen molar-refractivity contribution in [2.45, 2.75) is 13.0 Å². The molecule has 5 aromatic rings. The van der Waals surface area contributed by atoms with Gasteiger partial charge in [-0.2, -0.15) is 5.10 Å². The Balaban J connectivity index is 1.53. The van der Waals surface area contributed by atoms with E-state index in [0.717, 1.165) is 28.1 Å². The van der Waals surface area contributed by atoms with Crippen LogP contribution in [0.5, 0.6) is 11.5 Å². The average molecular weight is 619 g/mol. The zero-order valence-corrected chi connectivity index (χ0v) is 25.8. The average Bonchev–Trinajstić information content (AvgIpc) is 3.63. The highest BCUT2D eigenvalue weighted by Crippen LogP contribution is 2.32. The molecule has 0 saturated heterocycles. The lowest BCUT2D eigenvalue weighted by molar-refractivity contribution is -0.138. The molecule has 0 aliphatic carbocycles. The number of para-hydroxylation sites is 1. The number of ether oxygens (including phenoxy) is 3. The highest BCUT2D eigenvalue weighted by molar-refractivity contribution is 7.07. The van der Waals surface area contributed by atoms with E-state index in [-0.39, 0.29) is 17.7 Å². The largest absolute Gasteiger partial charge is 0.497 e. The highest BCUT2D eigenvalue weighted by atomic mass is 32.1. The van der Waals surface area contributed by atoms with Crippen LogP contribution in [0.4, 0.5) is 0 Å². The summed E-state index contributed by atoms with van der Waals surface area (Å²) >= 11 is 1.26. The van der Waals surface area contributed by atoms with E-state index in [1.54, 1.807) is 42.5 Å². The SMILES string of the molecule is C=CCOC(=O)C1=C(C)N=c2s/c(=C/c3cn(-c4ccccc4)nc3-c3ccc(OC)cc3)c(=O)n2C1c1ccc(OC)cc1. The van der Waals surface area contributed by atoms with Crippen molar-refractivity contribution in [3.05, 3.63) is 140 Å². The number of nitrogens with zero attached hydrogens (tertiary/aromatic N) is 4. The molecule has 3 aromatic carbocycles. The molecule has 1 aliphatic heterocycles. The Labute approximate surface area is 263 Å². The third-order valence-electron chi connectivity index (χ3n) is 7.42. The first-order valence-corrected chi connectivity index (χ1v) is 15.0. The Morgan fingerprint density at radius 2 is 1.64 bits per heavy atom. The summed E-state index contributed by atoms with van der Waals surface area (Å²) in [4.78, 5) is 32.7. The van der Waals surface area contributed by atoms with Gasteiger partial charge in [0, 0.05) is 17.3 Å². The van der Waals surface area contributed by atoms with Crippen LogP contribution in [0.3, 0.4) is 0 Å². The van der Waals surface area contributed by atoms with Crippen LogP contribution in [0.25, 0.3) is 23.0 Å². The molecule has 0 fully saturated rings. The van der Waals surface area contributed by atoms with Crippen LogP contribution in [0, 0.1) is 0 Å². The summed E-state index contributed by atoms with van der Waals surface area (Å²) in [5, 5.41) is 4.90. The fourth-order valence-corrected chi connectivity index (χ4v) is 6.25. The molecule has 3 heterocycles. The number of fused-ring (bicyclic) bond motifs is 1. The lowest BCUT2D eigenvalue weighted by Gasteiger charge is -2.24. The summed E-state index contributed by atoms with van der Waals surface area (Å²) in [7, 11) is 3.20. The topological polar surface area (TPSA) is 96.9 Å². The zero-order chi connectivity index (χ0) is 31.5. The number of carbonyl (C=O) groups excluding carboxylic acids is 1. The molecule has 226 valence electrons. The number of hydrogen-bond acceptors (Lipinski definition) is 8. The molecule has 0 saturated carbocycles. The van der Waals surface area contributed by atoms with Gasteiger partial charge in [0.05, 0.1) is 41.8 Å². The van der Waals surface area contributed by atoms with E-state index >= 15 is 0 Å². The van der Waals surface area contributed by atoms with Gasteiger partial charge in [0.15, 0.2) is 4.80 Å². The smallest absolute Gasteiger partial charge is 0.338 e. The first-order chi connectivity index (χ1) is 21.9. The predicted molar refractivity (Wildman–Crippen MR) is 173 cm³/mol. The molecule has 1 unspecified atom stereocenters. The first-order valence-electron chi connectivity index (χ1n) is 14.2. The molecule has 0 radical (unpaired) electrons. The summed E-state index contributed by atoms with van der Waals surface area (Å²) in [5.74, 6) is 0.828. The third-order valence-corrected chi connectivity index (χ3v) is 8.40. The number of carbonyl (C=O) groups is 1. The minimum Gasteiger partial charge on any atom is -0.497 e. The number of hydrogen-bond donors (Lipinski definition) is 0. The molecule has 9 nitrogen and oxygen atoms in total. The summed E-state index contributed by atoms with van der Waals surface area (Å²) in [6, 6.07) is 23.9. The van der Waals surface area contributed by atoms with E-state index in [0.29, 0.717) is 26.5 Å². The van der Waals surface area contributed by atoms with Gasteiger partial charge in [-0.1, -0.05) is 54.3 Å². The number of methoxy groups -OCH3 is 2. The van der Waals surface area contributed by atoms with Crippen LogP contribution in [0.1, 0.15) is 24.1 Å². The van der Waals surface area contributed by atoms with Crippen molar-refractivity contribution in [2.75, 3.05) is 20.8 Å². The van der Waals surface area contributed by atoms with Crippen molar-refractivity contribution in [3.63, 3.8) is 0 Å². The van der Waals surface area contributed by atoms with E-state index in [1.807, 2.05) is 79.0 Å². The lowest BCUT2D eigenvalue weighted by atomic mass is 9.96. The van der Waals surface area contributed by atoms with Crippen molar-refractivity contribution >= 4 is 23.4 Å². The fourth-order valence-electron chi connectivity index (χ4n) is 5.22. The molecule has 2 aromatic heterocycles. The molecular weight excluding hydrogens is 588 g/mol. The van der Waals surface area contributed by atoms with E-state index in [1.165, 1.54) is 17.4 Å². The Morgan fingerprint density at radius 1 is 0.978 bits per heavy atom. The highest BCUT2D eigenvalue weighted by Gasteiger charge is 2.33. The van der Waals surface area contributed by atoms with E-state index < -0.39 is 12.0 Å². The molecule has 0 bridgehead atoms. The normalized spacial score (nSPS) is 14.5. The quantitative estimate of drug-likeness (QED) is 0.173. The van der Waals surface area contributed by atoms with Crippen LogP contribution in [0.2, 0.25) is 0 Å². The summed E-state index contributed by atoms with van der Waals surface area (Å²) in [6.45, 7) is 5.43. The van der Waals surface area contributed by atoms with Crippen LogP contribution >= 0.6 is 11.3 Å². The number of allylic oxidation sites excluding steroid dienone is 1. The van der Waals surface area contributed by atoms with Gasteiger partial charge in [-0.3, -0.25) is 9.36 Å². The Bertz CT molecular complexity index is 2090. The van der Waals surface area contributed by atoms with Crippen molar-refractivity contribution < 1.29 is 19.0 Å². The second-order valence-corrected chi connectivity index (χ2v) is 11.2. The van der Waals surface area contributed by atoms with Gasteiger partial charge in [0.25, 0.3) is 5.56 Å². The monoisotopic (exact) mass is 618 g/mol. The van der Waals surface area contributed by atoms with E-state index in [9.17, 15) is 9.59 Å². The Hall–Kier alpha value is -5.48. The Kier molecular flexibility index (Phi) is 8.30. The molecule has 1 aliphatic rings. The minimum atomic E-state index is -0.750. The molecule has 0 amide bonds. The molecule has 1 atom stereocenters. The van der Waals surface area contributed by atoms with Crippen LogP contribution in [-0.2, 0) is 9.53 Å². The van der Waals surface area contributed by atoms with Gasteiger partial charge in [0.1, 0.15) is 23.8 Å². The fraction of sp³-hybridized carbons (Fsp3) is 0.143. The molecule has 6 rings (SSSR count). The van der Waals surface area contributed by atoms with Gasteiger partial charge in [-0.05, 0) is 67.1 Å². The molecule has 0 spiro atoms. The number of aromatic nitrogens is 3. The van der Waals surface area contributed by atoms with E-state index in [2.05, 4.69) is 6.58 Å². The summed E-state index contributed by atoms with van der Waals surface area (Å²) < 4.78 is 19.9. The van der Waals surface area contributed by atoms with Crippen LogP contribution in [-0.4, -0.2) is 41.1 Å². The molecule has 45 heavy (non-hydrogen) atoms. The van der Waals surface area contributed by atoms with Crippen LogP contribution < -0.4 is 24.4 Å². The number of thiazole rings is 1. The first kappa shape index (κ1) is 29.6. The number of esters is 1.